The Bertz CT molecular complexity index is 930. The first kappa shape index (κ1) is 18.5. The van der Waals surface area contributed by atoms with Crippen molar-refractivity contribution in [2.75, 3.05) is 18.3 Å². The molecule has 0 fully saturated rings. The molecule has 0 atom stereocenters. The number of rotatable bonds is 6. The van der Waals surface area contributed by atoms with Gasteiger partial charge in [-0.25, -0.2) is 9.97 Å². The van der Waals surface area contributed by atoms with Crippen molar-refractivity contribution in [1.29, 1.82) is 0 Å². The molecule has 0 radical (unpaired) electrons. The van der Waals surface area contributed by atoms with Gasteiger partial charge in [0.15, 0.2) is 5.82 Å². The van der Waals surface area contributed by atoms with E-state index in [0.29, 0.717) is 27.8 Å². The number of hydrogen-bond donors (Lipinski definition) is 3. The second kappa shape index (κ2) is 8.41. The Morgan fingerprint density at radius 2 is 1.78 bits per heavy atom. The van der Waals surface area contributed by atoms with Gasteiger partial charge in [-0.3, -0.25) is 15.6 Å². The largest absolute Gasteiger partial charge is 0.497 e. The van der Waals surface area contributed by atoms with Crippen molar-refractivity contribution in [3.8, 4) is 5.75 Å². The van der Waals surface area contributed by atoms with Gasteiger partial charge in [0.05, 0.1) is 7.11 Å². The molecule has 0 saturated carbocycles. The molecule has 27 heavy (non-hydrogen) atoms. The number of carbonyl (C=O) groups is 1. The molecule has 4 N–H and O–H groups in total. The molecule has 1 amide bonds. The Morgan fingerprint density at radius 1 is 1.07 bits per heavy atom. The summed E-state index contributed by atoms with van der Waals surface area (Å²) < 4.78 is 5.08. The number of hydrazine groups is 1. The molecule has 7 nitrogen and oxygen atoms in total. The molecule has 0 aliphatic rings. The van der Waals surface area contributed by atoms with Gasteiger partial charge in [0.2, 0.25) is 0 Å². The van der Waals surface area contributed by atoms with Gasteiger partial charge in [-0.15, -0.1) is 0 Å². The highest BCUT2D eigenvalue weighted by Crippen LogP contribution is 2.32. The molecule has 0 unspecified atom stereocenters. The average Bonchev–Trinajstić information content (AvgIpc) is 2.70. The monoisotopic (exact) mass is 381 g/mol. The van der Waals surface area contributed by atoms with E-state index in [-0.39, 0.29) is 5.91 Å². The van der Waals surface area contributed by atoms with Crippen LogP contribution in [0.2, 0.25) is 0 Å². The fourth-order valence-corrected chi connectivity index (χ4v) is 3.01. The molecule has 2 aromatic carbocycles. The summed E-state index contributed by atoms with van der Waals surface area (Å²) in [7, 11) is 1.57. The van der Waals surface area contributed by atoms with Crippen LogP contribution in [0.15, 0.2) is 64.8 Å². The minimum absolute atomic E-state index is 0.316. The predicted octanol–water partition coefficient (Wildman–Crippen LogP) is 3.28. The summed E-state index contributed by atoms with van der Waals surface area (Å²) in [6.45, 7) is 2.03. The predicted molar refractivity (Wildman–Crippen MR) is 106 cm³/mol. The molecule has 0 spiro atoms. The molecular weight excluding hydrogens is 362 g/mol. The maximum Gasteiger partial charge on any atom is 0.269 e. The fourth-order valence-electron chi connectivity index (χ4n) is 2.21. The number of nitrogen functional groups attached to an aromatic ring is 1. The standard InChI is InChI=1S/C19H19N5O2S/c1-12-3-9-15(10-4-12)27-19-16(20)17(21-11-22-19)23-24-18(25)13-5-7-14(26-2)8-6-13/h3-11H,20H2,1-2H3,(H,24,25)(H,21,22,23). The first-order valence-corrected chi connectivity index (χ1v) is 8.94. The molecule has 0 saturated heterocycles. The summed E-state index contributed by atoms with van der Waals surface area (Å²) in [5.74, 6) is 0.696. The van der Waals surface area contributed by atoms with Crippen LogP contribution >= 0.6 is 11.8 Å². The van der Waals surface area contributed by atoms with Crippen molar-refractivity contribution >= 4 is 29.2 Å². The number of amides is 1. The van der Waals surface area contributed by atoms with Crippen LogP contribution in [0.25, 0.3) is 0 Å². The van der Waals surface area contributed by atoms with Gasteiger partial charge in [-0.1, -0.05) is 29.5 Å². The second-order valence-electron chi connectivity index (χ2n) is 5.66. The summed E-state index contributed by atoms with van der Waals surface area (Å²) in [5, 5.41) is 0.607. The van der Waals surface area contributed by atoms with Crippen molar-refractivity contribution < 1.29 is 9.53 Å². The van der Waals surface area contributed by atoms with Gasteiger partial charge in [0, 0.05) is 10.5 Å². The number of benzene rings is 2. The Balaban J connectivity index is 1.68. The quantitative estimate of drug-likeness (QED) is 0.445. The van der Waals surface area contributed by atoms with Crippen LogP contribution in [-0.4, -0.2) is 23.0 Å². The third-order valence-electron chi connectivity index (χ3n) is 3.73. The summed E-state index contributed by atoms with van der Waals surface area (Å²) in [5.41, 5.74) is 13.5. The van der Waals surface area contributed by atoms with Crippen molar-refractivity contribution in [2.45, 2.75) is 16.8 Å². The van der Waals surface area contributed by atoms with E-state index in [0.717, 1.165) is 4.90 Å². The van der Waals surface area contributed by atoms with E-state index in [4.69, 9.17) is 10.5 Å². The highest BCUT2D eigenvalue weighted by Gasteiger charge is 2.11. The van der Waals surface area contributed by atoms with E-state index in [9.17, 15) is 4.79 Å². The van der Waals surface area contributed by atoms with Gasteiger partial charge >= 0.3 is 0 Å². The van der Waals surface area contributed by atoms with Gasteiger partial charge < -0.3 is 10.5 Å². The molecule has 0 bridgehead atoms. The lowest BCUT2D eigenvalue weighted by Gasteiger charge is -2.12. The smallest absolute Gasteiger partial charge is 0.269 e. The van der Waals surface area contributed by atoms with E-state index >= 15 is 0 Å². The molecule has 138 valence electrons. The van der Waals surface area contributed by atoms with Crippen molar-refractivity contribution in [1.82, 2.24) is 15.4 Å². The first-order valence-electron chi connectivity index (χ1n) is 8.12. The van der Waals surface area contributed by atoms with Crippen molar-refractivity contribution in [2.24, 2.45) is 0 Å². The van der Waals surface area contributed by atoms with Crippen molar-refractivity contribution in [3.63, 3.8) is 0 Å². The van der Waals surface area contributed by atoms with Crippen LogP contribution in [0.4, 0.5) is 11.5 Å². The number of methoxy groups -OCH3 is 1. The average molecular weight is 381 g/mol. The number of anilines is 2. The maximum absolute atomic E-state index is 12.2. The lowest BCUT2D eigenvalue weighted by molar-refractivity contribution is 0.0962. The zero-order chi connectivity index (χ0) is 19.2. The third kappa shape index (κ3) is 4.68. The Morgan fingerprint density at radius 3 is 2.44 bits per heavy atom. The molecule has 0 aliphatic carbocycles. The number of hydrogen-bond acceptors (Lipinski definition) is 7. The van der Waals surface area contributed by atoms with Crippen LogP contribution in [0.1, 0.15) is 15.9 Å². The summed E-state index contributed by atoms with van der Waals surface area (Å²) in [6.07, 6.45) is 1.40. The van der Waals surface area contributed by atoms with E-state index < -0.39 is 0 Å². The van der Waals surface area contributed by atoms with Crippen molar-refractivity contribution in [3.05, 3.63) is 66.0 Å². The normalized spacial score (nSPS) is 10.3. The second-order valence-corrected chi connectivity index (χ2v) is 6.73. The zero-order valence-electron chi connectivity index (χ0n) is 14.9. The minimum Gasteiger partial charge on any atom is -0.497 e. The molecule has 3 aromatic rings. The maximum atomic E-state index is 12.2. The summed E-state index contributed by atoms with van der Waals surface area (Å²) in [4.78, 5) is 21.6. The zero-order valence-corrected chi connectivity index (χ0v) is 15.7. The van der Waals surface area contributed by atoms with E-state index in [1.165, 1.54) is 23.7 Å². The fraction of sp³-hybridized carbons (Fsp3) is 0.105. The number of aromatic nitrogens is 2. The highest BCUT2D eigenvalue weighted by atomic mass is 32.2. The van der Waals surface area contributed by atoms with Gasteiger partial charge in [-0.2, -0.15) is 0 Å². The molecule has 1 aromatic heterocycles. The highest BCUT2D eigenvalue weighted by molar-refractivity contribution is 7.99. The number of nitrogens with two attached hydrogens (primary N) is 1. The number of nitrogens with one attached hydrogen (secondary N) is 2. The summed E-state index contributed by atoms with van der Waals surface area (Å²) >= 11 is 1.43. The minimum atomic E-state index is -0.316. The van der Waals surface area contributed by atoms with Gasteiger partial charge in [-0.05, 0) is 43.3 Å². The van der Waals surface area contributed by atoms with Crippen LogP contribution < -0.4 is 21.3 Å². The van der Waals surface area contributed by atoms with Gasteiger partial charge in [0.1, 0.15) is 22.8 Å². The van der Waals surface area contributed by atoms with E-state index in [2.05, 4.69) is 20.8 Å². The number of aryl methyl sites for hydroxylation is 1. The molecule has 8 heteroatoms. The van der Waals surface area contributed by atoms with Gasteiger partial charge in [0.25, 0.3) is 5.91 Å². The van der Waals surface area contributed by atoms with E-state index in [1.807, 2.05) is 31.2 Å². The third-order valence-corrected chi connectivity index (χ3v) is 4.76. The molecule has 3 rings (SSSR count). The number of nitrogens with zero attached hydrogens (tertiary/aromatic N) is 2. The van der Waals surface area contributed by atoms with Crippen LogP contribution in [0.5, 0.6) is 5.75 Å². The van der Waals surface area contributed by atoms with Crippen LogP contribution in [-0.2, 0) is 0 Å². The topological polar surface area (TPSA) is 102 Å². The van der Waals surface area contributed by atoms with E-state index in [1.54, 1.807) is 31.4 Å². The lowest BCUT2D eigenvalue weighted by atomic mass is 10.2. The Hall–Kier alpha value is -3.26. The van der Waals surface area contributed by atoms with Crippen LogP contribution in [0, 0.1) is 6.92 Å². The number of carbonyl (C=O) groups excluding carboxylic acids is 1. The number of ether oxygens (including phenoxy) is 1. The first-order chi connectivity index (χ1) is 13.1. The molecule has 1 heterocycles. The summed E-state index contributed by atoms with van der Waals surface area (Å²) in [6, 6.07) is 14.8. The lowest BCUT2D eigenvalue weighted by Crippen LogP contribution is -2.30. The molecular formula is C19H19N5O2S. The Labute approximate surface area is 161 Å². The Kier molecular flexibility index (Phi) is 5.77. The molecule has 0 aliphatic heterocycles. The van der Waals surface area contributed by atoms with Crippen LogP contribution in [0.3, 0.4) is 0 Å². The SMILES string of the molecule is COc1ccc(C(=O)NNc2ncnc(Sc3ccc(C)cc3)c2N)cc1.